The third kappa shape index (κ3) is 5.77. The highest BCUT2D eigenvalue weighted by Crippen LogP contribution is 2.23. The Balaban J connectivity index is 2.02. The third-order valence-corrected chi connectivity index (χ3v) is 3.40. The molecule has 1 aromatic carbocycles. The van der Waals surface area contributed by atoms with Crippen molar-refractivity contribution in [1.29, 1.82) is 0 Å². The van der Waals surface area contributed by atoms with Crippen LogP contribution in [0.5, 0.6) is 5.75 Å². The highest BCUT2D eigenvalue weighted by molar-refractivity contribution is 6.04. The van der Waals surface area contributed by atoms with Gasteiger partial charge in [0.25, 0.3) is 11.8 Å². The van der Waals surface area contributed by atoms with Gasteiger partial charge in [0.1, 0.15) is 6.20 Å². The summed E-state index contributed by atoms with van der Waals surface area (Å²) >= 11 is 0. The molecule has 0 saturated heterocycles. The molecular weight excluding hydrogens is 352 g/mol. The molecule has 0 bridgehead atoms. The number of ether oxygens (including phenoxy) is 1. The Morgan fingerprint density at radius 2 is 1.96 bits per heavy atom. The van der Waals surface area contributed by atoms with Gasteiger partial charge in [0, 0.05) is 6.54 Å². The normalized spacial score (nSPS) is 10.3. The molecule has 2 aromatic rings. The van der Waals surface area contributed by atoms with Crippen molar-refractivity contribution in [3.63, 3.8) is 0 Å². The third-order valence-electron chi connectivity index (χ3n) is 3.40. The zero-order valence-electron chi connectivity index (χ0n) is 15.0. The number of carbonyl (C=O) groups excluding carboxylic acids is 2. The summed E-state index contributed by atoms with van der Waals surface area (Å²) < 4.78 is 5.19. The van der Waals surface area contributed by atoms with E-state index in [0.717, 1.165) is 0 Å². The van der Waals surface area contributed by atoms with E-state index >= 15 is 0 Å². The first-order chi connectivity index (χ1) is 12.9. The molecular formula is C18H20N4O5. The molecule has 0 atom stereocenters. The van der Waals surface area contributed by atoms with Crippen LogP contribution in [0.2, 0.25) is 0 Å². The number of hydrogen-bond acceptors (Lipinski definition) is 6. The van der Waals surface area contributed by atoms with Crippen molar-refractivity contribution >= 4 is 23.3 Å². The number of benzene rings is 1. The van der Waals surface area contributed by atoms with Gasteiger partial charge in [-0.1, -0.05) is 26.0 Å². The van der Waals surface area contributed by atoms with E-state index < -0.39 is 23.3 Å². The number of para-hydroxylation sites is 1. The minimum atomic E-state index is -0.693. The lowest BCUT2D eigenvalue weighted by Crippen LogP contribution is -2.29. The lowest BCUT2D eigenvalue weighted by atomic mass is 10.1. The maximum Gasteiger partial charge on any atom is 0.406 e. The summed E-state index contributed by atoms with van der Waals surface area (Å²) in [6.07, 6.45) is 1.26. The first-order valence-electron chi connectivity index (χ1n) is 8.27. The van der Waals surface area contributed by atoms with Crippen LogP contribution < -0.4 is 15.4 Å². The zero-order chi connectivity index (χ0) is 19.8. The molecule has 2 amide bonds. The Bertz CT molecular complexity index is 838. The van der Waals surface area contributed by atoms with E-state index in [-0.39, 0.29) is 11.7 Å². The van der Waals surface area contributed by atoms with Crippen LogP contribution in [0.1, 0.15) is 24.2 Å². The van der Waals surface area contributed by atoms with Gasteiger partial charge < -0.3 is 25.5 Å². The number of rotatable bonds is 8. The summed E-state index contributed by atoms with van der Waals surface area (Å²) in [5.41, 5.74) is 0.645. The van der Waals surface area contributed by atoms with E-state index in [9.17, 15) is 19.7 Å². The average molecular weight is 372 g/mol. The molecule has 2 N–H and O–H groups in total. The van der Waals surface area contributed by atoms with Crippen LogP contribution in [-0.2, 0) is 4.79 Å². The molecule has 27 heavy (non-hydrogen) atoms. The van der Waals surface area contributed by atoms with Crippen molar-refractivity contribution < 1.29 is 19.2 Å². The molecule has 1 heterocycles. The fraction of sp³-hybridized carbons (Fsp3) is 0.278. The molecule has 2 rings (SSSR count). The largest absolute Gasteiger partial charge is 0.476 e. The van der Waals surface area contributed by atoms with E-state index in [1.807, 2.05) is 13.8 Å². The van der Waals surface area contributed by atoms with Gasteiger partial charge in [0.05, 0.1) is 11.3 Å². The fourth-order valence-electron chi connectivity index (χ4n) is 2.14. The Hall–Kier alpha value is -3.49. The number of hydrogen-bond donors (Lipinski definition) is 2. The summed E-state index contributed by atoms with van der Waals surface area (Å²) in [6.45, 7) is 4.00. The zero-order valence-corrected chi connectivity index (χ0v) is 15.0. The number of aromatic nitrogens is 1. The van der Waals surface area contributed by atoms with Gasteiger partial charge in [0.2, 0.25) is 5.75 Å². The minimum Gasteiger partial charge on any atom is -0.476 e. The van der Waals surface area contributed by atoms with E-state index in [4.69, 9.17) is 4.74 Å². The second-order valence-electron chi connectivity index (χ2n) is 6.07. The van der Waals surface area contributed by atoms with Crippen LogP contribution >= 0.6 is 0 Å². The van der Waals surface area contributed by atoms with Gasteiger partial charge in [-0.05, 0) is 40.1 Å². The minimum absolute atomic E-state index is 0.111. The molecule has 0 fully saturated rings. The lowest BCUT2D eigenvalue weighted by Gasteiger charge is -2.13. The van der Waals surface area contributed by atoms with Crippen molar-refractivity contribution in [2.24, 2.45) is 5.92 Å². The fourth-order valence-corrected chi connectivity index (χ4v) is 2.14. The molecule has 0 unspecified atom stereocenters. The molecule has 0 aliphatic carbocycles. The topological polar surface area (TPSA) is 123 Å². The quantitative estimate of drug-likeness (QED) is 0.542. The van der Waals surface area contributed by atoms with Gasteiger partial charge in [-0.15, -0.1) is 0 Å². The molecule has 9 heteroatoms. The van der Waals surface area contributed by atoms with E-state index in [0.29, 0.717) is 23.7 Å². The van der Waals surface area contributed by atoms with E-state index in [2.05, 4.69) is 15.6 Å². The molecule has 0 aliphatic heterocycles. The second kappa shape index (κ2) is 9.27. The number of nitro groups is 1. The highest BCUT2D eigenvalue weighted by Gasteiger charge is 2.18. The molecule has 0 saturated carbocycles. The molecule has 0 aliphatic rings. The van der Waals surface area contributed by atoms with Crippen LogP contribution in [0.4, 0.5) is 11.5 Å². The molecule has 9 nitrogen and oxygen atoms in total. The highest BCUT2D eigenvalue weighted by atomic mass is 16.6. The number of amides is 2. The Morgan fingerprint density at radius 1 is 1.22 bits per heavy atom. The smallest absolute Gasteiger partial charge is 0.406 e. The van der Waals surface area contributed by atoms with Crippen molar-refractivity contribution in [3.05, 3.63) is 58.3 Å². The summed E-state index contributed by atoms with van der Waals surface area (Å²) in [5.74, 6) is -1.15. The number of nitrogens with zero attached hydrogens (tertiary/aromatic N) is 2. The second-order valence-corrected chi connectivity index (χ2v) is 6.07. The number of pyridine rings is 1. The number of anilines is 1. The Morgan fingerprint density at radius 3 is 2.67 bits per heavy atom. The van der Waals surface area contributed by atoms with Crippen molar-refractivity contribution in [3.8, 4) is 5.75 Å². The van der Waals surface area contributed by atoms with E-state index in [1.54, 1.807) is 24.3 Å². The van der Waals surface area contributed by atoms with Crippen molar-refractivity contribution in [1.82, 2.24) is 10.3 Å². The number of carbonyl (C=O) groups is 2. The summed E-state index contributed by atoms with van der Waals surface area (Å²) in [4.78, 5) is 38.2. The van der Waals surface area contributed by atoms with Crippen LogP contribution in [0, 0.1) is 16.0 Å². The van der Waals surface area contributed by atoms with Crippen LogP contribution in [0.3, 0.4) is 0 Å². The first-order valence-corrected chi connectivity index (χ1v) is 8.27. The van der Waals surface area contributed by atoms with E-state index in [1.165, 1.54) is 18.3 Å². The molecule has 0 radical (unpaired) electrons. The van der Waals surface area contributed by atoms with Gasteiger partial charge in [0.15, 0.2) is 6.61 Å². The first kappa shape index (κ1) is 19.8. The molecule has 0 spiro atoms. The predicted molar refractivity (Wildman–Crippen MR) is 98.6 cm³/mol. The van der Waals surface area contributed by atoms with Gasteiger partial charge >= 0.3 is 5.82 Å². The monoisotopic (exact) mass is 372 g/mol. The maximum absolute atomic E-state index is 12.3. The number of nitrogens with one attached hydrogen (secondary N) is 2. The summed E-state index contributed by atoms with van der Waals surface area (Å²) in [7, 11) is 0. The Kier molecular flexibility index (Phi) is 6.81. The van der Waals surface area contributed by atoms with Crippen molar-refractivity contribution in [2.75, 3.05) is 18.5 Å². The summed E-state index contributed by atoms with van der Waals surface area (Å²) in [6, 6.07) is 9.38. The van der Waals surface area contributed by atoms with Crippen molar-refractivity contribution in [2.45, 2.75) is 13.8 Å². The van der Waals surface area contributed by atoms with Crippen LogP contribution in [-0.4, -0.2) is 34.9 Å². The molecule has 1 aromatic heterocycles. The SMILES string of the molecule is CC(C)CNC(=O)c1ccccc1NC(=O)COc1cccnc1[N+](=O)[O-]. The molecule has 142 valence electrons. The maximum atomic E-state index is 12.3. The van der Waals surface area contributed by atoms with Gasteiger partial charge in [-0.25, -0.2) is 0 Å². The lowest BCUT2D eigenvalue weighted by molar-refractivity contribution is -0.390. The van der Waals surface area contributed by atoms with Gasteiger partial charge in [-0.2, -0.15) is 0 Å². The van der Waals surface area contributed by atoms with Crippen LogP contribution in [0.15, 0.2) is 42.6 Å². The van der Waals surface area contributed by atoms with Crippen LogP contribution in [0.25, 0.3) is 0 Å². The van der Waals surface area contributed by atoms with Gasteiger partial charge in [-0.3, -0.25) is 9.59 Å². The standard InChI is InChI=1S/C18H20N4O5/c1-12(2)10-20-18(24)13-6-3-4-7-14(13)21-16(23)11-27-15-8-5-9-19-17(15)22(25)26/h3-9,12H,10-11H2,1-2H3,(H,20,24)(H,21,23). The Labute approximate surface area is 155 Å². The average Bonchev–Trinajstić information content (AvgIpc) is 2.65. The predicted octanol–water partition coefficient (Wildman–Crippen LogP) is 2.39. The summed E-state index contributed by atoms with van der Waals surface area (Å²) in [5, 5.41) is 16.3.